The van der Waals surface area contributed by atoms with Gasteiger partial charge in [-0.25, -0.2) is 0 Å². The van der Waals surface area contributed by atoms with Crippen LogP contribution in [0.1, 0.15) is 64.7 Å². The van der Waals surface area contributed by atoms with Crippen LogP contribution in [0, 0.1) is 11.3 Å². The Morgan fingerprint density at radius 1 is 1.23 bits per heavy atom. The maximum atomic E-state index is 12.5. The molecule has 0 heterocycles. The topological polar surface area (TPSA) is 64.3 Å². The molecule has 0 bridgehead atoms. The maximum absolute atomic E-state index is 12.5. The summed E-state index contributed by atoms with van der Waals surface area (Å²) in [6, 6.07) is 0.556. The van der Waals surface area contributed by atoms with Crippen molar-refractivity contribution in [1.82, 2.24) is 5.32 Å². The monoisotopic (exact) mass is 330 g/mol. The largest absolute Gasteiger partial charge is 0.378 e. The van der Waals surface area contributed by atoms with Crippen LogP contribution in [-0.2, 0) is 9.53 Å². The van der Waals surface area contributed by atoms with Crippen LogP contribution in [0.15, 0.2) is 0 Å². The van der Waals surface area contributed by atoms with Gasteiger partial charge < -0.3 is 15.8 Å². The molecular weight excluding hydrogens is 300 g/mol. The van der Waals surface area contributed by atoms with Crippen LogP contribution in [0.2, 0.25) is 0 Å². The summed E-state index contributed by atoms with van der Waals surface area (Å²) in [6.07, 6.45) is 10.5. The molecule has 0 aromatic rings. The molecule has 4 nitrogen and oxygen atoms in total. The van der Waals surface area contributed by atoms with E-state index in [1.54, 1.807) is 0 Å². The molecule has 0 aromatic heterocycles. The molecule has 4 unspecified atom stereocenters. The zero-order valence-corrected chi connectivity index (χ0v) is 14.5. The summed E-state index contributed by atoms with van der Waals surface area (Å²) in [5.41, 5.74) is 6.16. The molecule has 3 aliphatic carbocycles. The molecule has 5 heteroatoms. The first-order valence-electron chi connectivity index (χ1n) is 8.83. The molecule has 3 N–H and O–H groups in total. The van der Waals surface area contributed by atoms with Gasteiger partial charge in [0.15, 0.2) is 0 Å². The Kier molecular flexibility index (Phi) is 6.14. The number of carbonyl (C=O) groups excluding carboxylic acids is 1. The number of halogens is 1. The molecule has 3 rings (SSSR count). The first kappa shape index (κ1) is 18.0. The molecule has 4 atom stereocenters. The fraction of sp³-hybridized carbons (Fsp3) is 0.941. The molecule has 22 heavy (non-hydrogen) atoms. The van der Waals surface area contributed by atoms with Gasteiger partial charge in [0, 0.05) is 30.0 Å². The van der Waals surface area contributed by atoms with Crippen LogP contribution in [-0.4, -0.2) is 30.7 Å². The maximum Gasteiger partial charge on any atom is 0.223 e. The lowest BCUT2D eigenvalue weighted by molar-refractivity contribution is -0.158. The van der Waals surface area contributed by atoms with Gasteiger partial charge in [-0.2, -0.15) is 0 Å². The lowest BCUT2D eigenvalue weighted by Gasteiger charge is -2.57. The highest BCUT2D eigenvalue weighted by atomic mass is 35.5. The van der Waals surface area contributed by atoms with Gasteiger partial charge in [-0.05, 0) is 45.4 Å². The number of hydrogen-bond acceptors (Lipinski definition) is 3. The SMILES string of the molecule is CCOC1CC(NC(=O)C2CCC(N)C2)C12CCCCC2.Cl. The second kappa shape index (κ2) is 7.50. The van der Waals surface area contributed by atoms with Crippen molar-refractivity contribution in [2.75, 3.05) is 6.61 Å². The van der Waals surface area contributed by atoms with E-state index >= 15 is 0 Å². The smallest absolute Gasteiger partial charge is 0.223 e. The lowest BCUT2D eigenvalue weighted by Crippen LogP contribution is -2.65. The van der Waals surface area contributed by atoms with Gasteiger partial charge in [-0.1, -0.05) is 19.3 Å². The summed E-state index contributed by atoms with van der Waals surface area (Å²) < 4.78 is 5.95. The first-order valence-corrected chi connectivity index (χ1v) is 8.83. The van der Waals surface area contributed by atoms with E-state index in [0.717, 1.165) is 32.3 Å². The van der Waals surface area contributed by atoms with E-state index in [2.05, 4.69) is 12.2 Å². The minimum absolute atomic E-state index is 0. The Bertz CT molecular complexity index is 385. The van der Waals surface area contributed by atoms with Crippen LogP contribution >= 0.6 is 12.4 Å². The standard InChI is InChI=1S/C17H30N2O2.ClH/c1-2-21-15-11-14(17(15)8-4-3-5-9-17)19-16(20)12-6-7-13(18)10-12;/h12-15H,2-11,18H2,1H3,(H,19,20);1H. The predicted molar refractivity (Wildman–Crippen MR) is 90.0 cm³/mol. The summed E-state index contributed by atoms with van der Waals surface area (Å²) in [6.45, 7) is 2.85. The summed E-state index contributed by atoms with van der Waals surface area (Å²) in [5.74, 6) is 0.389. The van der Waals surface area contributed by atoms with Crippen molar-refractivity contribution in [2.24, 2.45) is 17.1 Å². The van der Waals surface area contributed by atoms with Gasteiger partial charge in [0.25, 0.3) is 0 Å². The first-order chi connectivity index (χ1) is 10.2. The number of ether oxygens (including phenoxy) is 1. The molecule has 128 valence electrons. The van der Waals surface area contributed by atoms with Crippen molar-refractivity contribution in [2.45, 2.75) is 82.9 Å². The van der Waals surface area contributed by atoms with Crippen LogP contribution in [0.4, 0.5) is 0 Å². The van der Waals surface area contributed by atoms with E-state index in [0.29, 0.717) is 12.1 Å². The van der Waals surface area contributed by atoms with E-state index in [9.17, 15) is 4.79 Å². The molecular formula is C17H31ClN2O2. The van der Waals surface area contributed by atoms with Crippen LogP contribution in [0.3, 0.4) is 0 Å². The van der Waals surface area contributed by atoms with Crippen molar-refractivity contribution >= 4 is 18.3 Å². The van der Waals surface area contributed by atoms with Gasteiger partial charge in [0.05, 0.1) is 6.10 Å². The van der Waals surface area contributed by atoms with Crippen molar-refractivity contribution < 1.29 is 9.53 Å². The molecule has 0 radical (unpaired) electrons. The van der Waals surface area contributed by atoms with E-state index in [4.69, 9.17) is 10.5 Å². The molecule has 0 aliphatic heterocycles. The van der Waals surface area contributed by atoms with Gasteiger partial charge in [0.1, 0.15) is 0 Å². The van der Waals surface area contributed by atoms with Crippen LogP contribution < -0.4 is 11.1 Å². The van der Waals surface area contributed by atoms with Crippen molar-refractivity contribution in [3.63, 3.8) is 0 Å². The second-order valence-electron chi connectivity index (χ2n) is 7.30. The minimum Gasteiger partial charge on any atom is -0.378 e. The van der Waals surface area contributed by atoms with Gasteiger partial charge in [-0.3, -0.25) is 4.79 Å². The number of carbonyl (C=O) groups is 1. The van der Waals surface area contributed by atoms with Gasteiger partial charge in [-0.15, -0.1) is 12.4 Å². The molecule has 1 spiro atoms. The van der Waals surface area contributed by atoms with E-state index in [1.165, 1.54) is 32.1 Å². The molecule has 3 fully saturated rings. The Morgan fingerprint density at radius 2 is 1.95 bits per heavy atom. The number of nitrogens with one attached hydrogen (secondary N) is 1. The number of rotatable bonds is 4. The molecule has 0 aromatic carbocycles. The van der Waals surface area contributed by atoms with Crippen LogP contribution in [0.5, 0.6) is 0 Å². The Balaban J connectivity index is 0.00000176. The van der Waals surface area contributed by atoms with Crippen molar-refractivity contribution in [3.05, 3.63) is 0 Å². The molecule has 3 saturated carbocycles. The highest BCUT2D eigenvalue weighted by molar-refractivity contribution is 5.85. The van der Waals surface area contributed by atoms with Crippen molar-refractivity contribution in [3.8, 4) is 0 Å². The van der Waals surface area contributed by atoms with Crippen LogP contribution in [0.25, 0.3) is 0 Å². The third-order valence-corrected chi connectivity index (χ3v) is 6.10. The molecule has 0 saturated heterocycles. The number of amides is 1. The van der Waals surface area contributed by atoms with Crippen molar-refractivity contribution in [1.29, 1.82) is 0 Å². The van der Waals surface area contributed by atoms with Gasteiger partial charge >= 0.3 is 0 Å². The van der Waals surface area contributed by atoms with Gasteiger partial charge in [0.2, 0.25) is 5.91 Å². The fourth-order valence-corrected chi connectivity index (χ4v) is 4.81. The van der Waals surface area contributed by atoms with E-state index < -0.39 is 0 Å². The zero-order chi connectivity index (χ0) is 14.9. The normalized spacial score (nSPS) is 36.5. The second-order valence-corrected chi connectivity index (χ2v) is 7.30. The molecule has 1 amide bonds. The summed E-state index contributed by atoms with van der Waals surface area (Å²) in [7, 11) is 0. The Morgan fingerprint density at radius 3 is 2.55 bits per heavy atom. The quantitative estimate of drug-likeness (QED) is 0.833. The summed E-state index contributed by atoms with van der Waals surface area (Å²) >= 11 is 0. The lowest BCUT2D eigenvalue weighted by atomic mass is 9.55. The zero-order valence-electron chi connectivity index (χ0n) is 13.7. The minimum atomic E-state index is 0. The summed E-state index contributed by atoms with van der Waals surface area (Å²) in [5, 5.41) is 3.35. The highest BCUT2D eigenvalue weighted by Crippen LogP contribution is 2.53. The predicted octanol–water partition coefficient (Wildman–Crippen LogP) is 2.78. The van der Waals surface area contributed by atoms with E-state index in [1.807, 2.05) is 0 Å². The third-order valence-electron chi connectivity index (χ3n) is 6.10. The number of hydrogen-bond donors (Lipinski definition) is 2. The highest BCUT2D eigenvalue weighted by Gasteiger charge is 2.56. The fourth-order valence-electron chi connectivity index (χ4n) is 4.81. The number of nitrogens with two attached hydrogens (primary N) is 1. The Labute approximate surface area is 140 Å². The average Bonchev–Trinajstić information content (AvgIpc) is 2.93. The Hall–Kier alpha value is -0.320. The molecule has 3 aliphatic rings. The summed E-state index contributed by atoms with van der Waals surface area (Å²) in [4.78, 5) is 12.5. The van der Waals surface area contributed by atoms with E-state index in [-0.39, 0.29) is 35.7 Å². The third kappa shape index (κ3) is 3.29. The average molecular weight is 331 g/mol.